The highest BCUT2D eigenvalue weighted by Gasteiger charge is 2.42. The van der Waals surface area contributed by atoms with Crippen molar-refractivity contribution in [2.24, 2.45) is 5.92 Å². The van der Waals surface area contributed by atoms with Crippen LogP contribution >= 0.6 is 0 Å². The summed E-state index contributed by atoms with van der Waals surface area (Å²) in [6, 6.07) is 14.9. The lowest BCUT2D eigenvalue weighted by Crippen LogP contribution is -2.41. The number of aliphatic hydroxyl groups excluding tert-OH is 2. The Bertz CT molecular complexity index is 1310. The number of piperidine rings is 1. The number of benzene rings is 2. The van der Waals surface area contributed by atoms with Crippen molar-refractivity contribution in [3.05, 3.63) is 71.6 Å². The lowest BCUT2D eigenvalue weighted by Gasteiger charge is -2.34. The minimum Gasteiger partial charge on any atom is -0.431 e. The highest BCUT2D eigenvalue weighted by molar-refractivity contribution is 6.04. The van der Waals surface area contributed by atoms with Crippen molar-refractivity contribution < 1.29 is 37.4 Å². The van der Waals surface area contributed by atoms with E-state index in [2.05, 4.69) is 10.3 Å². The Morgan fingerprint density at radius 1 is 0.949 bits per heavy atom. The zero-order valence-electron chi connectivity index (χ0n) is 20.9. The molecule has 0 bridgehead atoms. The van der Waals surface area contributed by atoms with Crippen LogP contribution in [0, 0.1) is 5.92 Å². The van der Waals surface area contributed by atoms with Crippen molar-refractivity contribution in [1.29, 1.82) is 0 Å². The van der Waals surface area contributed by atoms with E-state index in [0.29, 0.717) is 24.3 Å². The molecule has 1 aliphatic carbocycles. The SMILES string of the molecule is O=C(Nc1ccc(C2CCN(C(=O)C3C[C@@H](O)[C@@H](O)C3)CC2)cc1)c1nc(-c2ccccc2)oc1C(F)(F)F. The summed E-state index contributed by atoms with van der Waals surface area (Å²) in [5.41, 5.74) is 0.782. The number of likely N-dealkylation sites (tertiary alicyclic amines) is 1. The van der Waals surface area contributed by atoms with E-state index >= 15 is 0 Å². The lowest BCUT2D eigenvalue weighted by atomic mass is 9.88. The van der Waals surface area contributed by atoms with Crippen LogP contribution in [-0.2, 0) is 11.0 Å². The molecule has 0 spiro atoms. The highest BCUT2D eigenvalue weighted by Crippen LogP contribution is 2.36. The number of aromatic nitrogens is 1. The molecule has 5 rings (SSSR count). The first kappa shape index (κ1) is 26.9. The predicted octanol–water partition coefficient (Wildman–Crippen LogP) is 4.45. The average molecular weight is 544 g/mol. The quantitative estimate of drug-likeness (QED) is 0.438. The Balaban J connectivity index is 1.21. The number of rotatable bonds is 5. The molecule has 0 radical (unpaired) electrons. The molecule has 2 aliphatic rings. The third kappa shape index (κ3) is 5.84. The number of halogens is 3. The Morgan fingerprint density at radius 2 is 1.56 bits per heavy atom. The smallest absolute Gasteiger partial charge is 0.431 e. The molecule has 39 heavy (non-hydrogen) atoms. The predicted molar refractivity (Wildman–Crippen MR) is 135 cm³/mol. The van der Waals surface area contributed by atoms with Crippen molar-refractivity contribution in [2.75, 3.05) is 18.4 Å². The van der Waals surface area contributed by atoms with Gasteiger partial charge in [-0.1, -0.05) is 30.3 Å². The Labute approximate surface area is 222 Å². The van der Waals surface area contributed by atoms with Crippen molar-refractivity contribution >= 4 is 17.5 Å². The summed E-state index contributed by atoms with van der Waals surface area (Å²) in [4.78, 5) is 31.1. The van der Waals surface area contributed by atoms with Gasteiger partial charge in [0.05, 0.1) is 12.2 Å². The first-order valence-corrected chi connectivity index (χ1v) is 12.8. The van der Waals surface area contributed by atoms with Crippen molar-refractivity contribution in [1.82, 2.24) is 9.88 Å². The normalized spacial score (nSPS) is 22.2. The third-order valence-corrected chi connectivity index (χ3v) is 7.41. The van der Waals surface area contributed by atoms with E-state index in [1.54, 1.807) is 35.2 Å². The van der Waals surface area contributed by atoms with Crippen LogP contribution in [0.25, 0.3) is 11.5 Å². The number of carbonyl (C=O) groups is 2. The molecule has 1 saturated heterocycles. The monoisotopic (exact) mass is 543 g/mol. The fourth-order valence-electron chi connectivity index (χ4n) is 5.29. The molecule has 1 aromatic heterocycles. The van der Waals surface area contributed by atoms with Crippen molar-refractivity contribution in [3.63, 3.8) is 0 Å². The van der Waals surface area contributed by atoms with Gasteiger partial charge in [0.2, 0.25) is 17.6 Å². The van der Waals surface area contributed by atoms with Crippen LogP contribution < -0.4 is 5.32 Å². The van der Waals surface area contributed by atoms with Gasteiger partial charge in [0.25, 0.3) is 5.91 Å². The summed E-state index contributed by atoms with van der Waals surface area (Å²) in [6.07, 6.45) is -4.60. The van der Waals surface area contributed by atoms with Gasteiger partial charge >= 0.3 is 6.18 Å². The molecule has 2 aromatic carbocycles. The van der Waals surface area contributed by atoms with Crippen LogP contribution in [0.4, 0.5) is 18.9 Å². The Hall–Kier alpha value is -3.70. The number of hydrogen-bond donors (Lipinski definition) is 3. The summed E-state index contributed by atoms with van der Waals surface area (Å²) in [7, 11) is 0. The number of hydrogen-bond acceptors (Lipinski definition) is 6. The van der Waals surface area contributed by atoms with Gasteiger partial charge in [-0.25, -0.2) is 4.98 Å². The molecule has 206 valence electrons. The van der Waals surface area contributed by atoms with Crippen LogP contribution in [0.15, 0.2) is 59.0 Å². The van der Waals surface area contributed by atoms with Gasteiger partial charge in [-0.2, -0.15) is 13.2 Å². The van der Waals surface area contributed by atoms with E-state index in [4.69, 9.17) is 4.42 Å². The zero-order valence-corrected chi connectivity index (χ0v) is 20.9. The van der Waals surface area contributed by atoms with Crippen molar-refractivity contribution in [2.45, 2.75) is 50.0 Å². The van der Waals surface area contributed by atoms with Crippen LogP contribution in [0.2, 0.25) is 0 Å². The molecule has 1 aliphatic heterocycles. The van der Waals surface area contributed by atoms with Crippen molar-refractivity contribution in [3.8, 4) is 11.5 Å². The molecule has 8 nitrogen and oxygen atoms in total. The minimum atomic E-state index is -4.90. The van der Waals surface area contributed by atoms with Crippen LogP contribution in [0.3, 0.4) is 0 Å². The summed E-state index contributed by atoms with van der Waals surface area (Å²) < 4.78 is 45.7. The van der Waals surface area contributed by atoms with E-state index in [1.165, 1.54) is 12.1 Å². The second-order valence-electron chi connectivity index (χ2n) is 10.0. The third-order valence-electron chi connectivity index (χ3n) is 7.41. The second kappa shape index (κ2) is 10.8. The van der Waals surface area contributed by atoms with Crippen LogP contribution in [-0.4, -0.2) is 57.2 Å². The maximum atomic E-state index is 13.6. The topological polar surface area (TPSA) is 116 Å². The highest BCUT2D eigenvalue weighted by atomic mass is 19.4. The summed E-state index contributed by atoms with van der Waals surface area (Å²) in [6.45, 7) is 1.11. The molecule has 1 unspecified atom stereocenters. The number of alkyl halides is 3. The molecule has 2 fully saturated rings. The first-order valence-electron chi connectivity index (χ1n) is 12.8. The Kier molecular flexibility index (Phi) is 7.46. The number of anilines is 1. The molecule has 3 N–H and O–H groups in total. The van der Waals surface area contributed by atoms with E-state index in [0.717, 1.165) is 18.4 Å². The van der Waals surface area contributed by atoms with Gasteiger partial charge in [0, 0.05) is 30.3 Å². The molecule has 2 heterocycles. The largest absolute Gasteiger partial charge is 0.452 e. The van der Waals surface area contributed by atoms with Gasteiger partial charge in [-0.05, 0) is 61.4 Å². The summed E-state index contributed by atoms with van der Waals surface area (Å²) >= 11 is 0. The van der Waals surface area contributed by atoms with Gasteiger partial charge in [0.1, 0.15) is 0 Å². The fraction of sp³-hybridized carbons (Fsp3) is 0.393. The molecular formula is C28H28F3N3O5. The lowest BCUT2D eigenvalue weighted by molar-refractivity contribution is -0.153. The minimum absolute atomic E-state index is 0.0383. The number of aliphatic hydroxyl groups is 2. The number of nitrogens with one attached hydrogen (secondary N) is 1. The molecular weight excluding hydrogens is 515 g/mol. The van der Waals surface area contributed by atoms with Gasteiger partial charge in [0.15, 0.2) is 5.69 Å². The van der Waals surface area contributed by atoms with Crippen LogP contribution in [0.1, 0.15) is 53.4 Å². The van der Waals surface area contributed by atoms with E-state index in [1.807, 2.05) is 12.1 Å². The standard InChI is InChI=1S/C28H28F3N3O5/c29-28(30,31)24-23(33-26(39-24)18-4-2-1-3-5-18)25(37)32-20-8-6-16(7-9-20)17-10-12-34(13-11-17)27(38)19-14-21(35)22(36)15-19/h1-9,17,19,21-22,35-36H,10-15H2,(H,32,37)/t19?,21-,22+. The maximum absolute atomic E-state index is 13.6. The molecule has 2 amide bonds. The second-order valence-corrected chi connectivity index (χ2v) is 10.0. The number of amides is 2. The Morgan fingerprint density at radius 3 is 2.15 bits per heavy atom. The van der Waals surface area contributed by atoms with Gasteiger partial charge < -0.3 is 24.8 Å². The molecule has 11 heteroatoms. The molecule has 3 atom stereocenters. The average Bonchev–Trinajstić information content (AvgIpc) is 3.53. The fourth-order valence-corrected chi connectivity index (χ4v) is 5.29. The van der Waals surface area contributed by atoms with E-state index < -0.39 is 35.7 Å². The van der Waals surface area contributed by atoms with E-state index in [9.17, 15) is 33.0 Å². The van der Waals surface area contributed by atoms with Gasteiger partial charge in [-0.3, -0.25) is 9.59 Å². The van der Waals surface area contributed by atoms with E-state index in [-0.39, 0.29) is 36.5 Å². The number of carbonyl (C=O) groups excluding carboxylic acids is 2. The number of nitrogens with zero attached hydrogens (tertiary/aromatic N) is 2. The summed E-state index contributed by atoms with van der Waals surface area (Å²) in [5, 5.41) is 22.0. The maximum Gasteiger partial charge on any atom is 0.452 e. The first-order chi connectivity index (χ1) is 18.6. The molecule has 1 saturated carbocycles. The van der Waals surface area contributed by atoms with Crippen LogP contribution in [0.5, 0.6) is 0 Å². The molecule has 3 aromatic rings. The van der Waals surface area contributed by atoms with Gasteiger partial charge in [-0.15, -0.1) is 0 Å². The number of oxazole rings is 1. The summed E-state index contributed by atoms with van der Waals surface area (Å²) in [5.74, 6) is -3.01. The zero-order chi connectivity index (χ0) is 27.7.